The van der Waals surface area contributed by atoms with Crippen LogP contribution in [0.4, 0.5) is 4.39 Å². The summed E-state index contributed by atoms with van der Waals surface area (Å²) in [5.74, 6) is -0.994. The third kappa shape index (κ3) is 3.11. The van der Waals surface area contributed by atoms with Crippen molar-refractivity contribution in [1.82, 2.24) is 9.21 Å². The van der Waals surface area contributed by atoms with Crippen LogP contribution in [0.1, 0.15) is 13.3 Å². The molecule has 2 aliphatic rings. The molecule has 1 aromatic carbocycles. The van der Waals surface area contributed by atoms with Gasteiger partial charge in [0.25, 0.3) is 0 Å². The molecule has 2 aliphatic heterocycles. The molecule has 6 nitrogen and oxygen atoms in total. The minimum atomic E-state index is -3.85. The maximum Gasteiger partial charge on any atom is 0.323 e. The summed E-state index contributed by atoms with van der Waals surface area (Å²) in [6.45, 7) is 3.17. The summed E-state index contributed by atoms with van der Waals surface area (Å²) in [4.78, 5) is 13.4. The van der Waals surface area contributed by atoms with Crippen molar-refractivity contribution in [2.24, 2.45) is 0 Å². The van der Waals surface area contributed by atoms with Gasteiger partial charge in [-0.15, -0.1) is 0 Å². The first-order valence-electron chi connectivity index (χ1n) is 7.59. The van der Waals surface area contributed by atoms with Crippen molar-refractivity contribution in [3.05, 3.63) is 30.1 Å². The molecule has 8 heteroatoms. The molecule has 126 valence electrons. The fourth-order valence-corrected chi connectivity index (χ4v) is 4.57. The lowest BCUT2D eigenvalue weighted by molar-refractivity contribution is -0.145. The molecule has 23 heavy (non-hydrogen) atoms. The molecule has 3 rings (SSSR count). The van der Waals surface area contributed by atoms with Gasteiger partial charge in [-0.3, -0.25) is 9.69 Å². The highest BCUT2D eigenvalue weighted by Gasteiger charge is 2.39. The molecule has 2 heterocycles. The maximum atomic E-state index is 13.8. The summed E-state index contributed by atoms with van der Waals surface area (Å²) in [6, 6.07) is 5.07. The predicted molar refractivity (Wildman–Crippen MR) is 80.7 cm³/mol. The van der Waals surface area contributed by atoms with Crippen molar-refractivity contribution in [3.8, 4) is 0 Å². The number of hydrogen-bond acceptors (Lipinski definition) is 5. The SMILES string of the molecule is C[C@H]1C[C@@H](N2CCN(S(=O)(=O)c3ccccc3F)CC2)C(=O)O1. The zero-order valence-corrected chi connectivity index (χ0v) is 13.6. The quantitative estimate of drug-likeness (QED) is 0.762. The number of rotatable bonds is 3. The van der Waals surface area contributed by atoms with Gasteiger partial charge in [0.2, 0.25) is 10.0 Å². The molecule has 0 unspecified atom stereocenters. The Balaban J connectivity index is 1.69. The fourth-order valence-electron chi connectivity index (χ4n) is 3.08. The predicted octanol–water partition coefficient (Wildman–Crippen LogP) is 0.836. The summed E-state index contributed by atoms with van der Waals surface area (Å²) in [6.07, 6.45) is 0.520. The van der Waals surface area contributed by atoms with Gasteiger partial charge in [-0.05, 0) is 19.1 Å². The standard InChI is InChI=1S/C15H19FN2O4S/c1-11-10-13(15(19)22-11)17-6-8-18(9-7-17)23(20,21)14-5-3-2-4-12(14)16/h2-5,11,13H,6-10H2,1H3/t11-,13+/m0/s1. The van der Waals surface area contributed by atoms with E-state index in [0.29, 0.717) is 19.5 Å². The van der Waals surface area contributed by atoms with E-state index in [1.807, 2.05) is 11.8 Å². The first kappa shape index (κ1) is 16.4. The van der Waals surface area contributed by atoms with Crippen molar-refractivity contribution in [2.45, 2.75) is 30.4 Å². The zero-order valence-electron chi connectivity index (χ0n) is 12.8. The van der Waals surface area contributed by atoms with E-state index in [-0.39, 0.29) is 36.1 Å². The smallest absolute Gasteiger partial charge is 0.323 e. The van der Waals surface area contributed by atoms with Crippen LogP contribution in [0, 0.1) is 5.82 Å². The van der Waals surface area contributed by atoms with Gasteiger partial charge in [0.05, 0.1) is 0 Å². The highest BCUT2D eigenvalue weighted by Crippen LogP contribution is 2.24. The molecule has 0 aliphatic carbocycles. The lowest BCUT2D eigenvalue weighted by Gasteiger charge is -2.35. The van der Waals surface area contributed by atoms with Crippen LogP contribution in [0.3, 0.4) is 0 Å². The number of nitrogens with zero attached hydrogens (tertiary/aromatic N) is 2. The Morgan fingerprint density at radius 2 is 1.83 bits per heavy atom. The lowest BCUT2D eigenvalue weighted by Crippen LogP contribution is -2.53. The Morgan fingerprint density at radius 1 is 1.17 bits per heavy atom. The van der Waals surface area contributed by atoms with Crippen LogP contribution in [0.25, 0.3) is 0 Å². The number of carbonyl (C=O) groups is 1. The van der Waals surface area contributed by atoms with Gasteiger partial charge in [-0.2, -0.15) is 4.31 Å². The van der Waals surface area contributed by atoms with Crippen molar-refractivity contribution in [3.63, 3.8) is 0 Å². The molecule has 2 fully saturated rings. The van der Waals surface area contributed by atoms with Gasteiger partial charge in [-0.1, -0.05) is 12.1 Å². The van der Waals surface area contributed by atoms with Crippen LogP contribution in [0.2, 0.25) is 0 Å². The molecular weight excluding hydrogens is 323 g/mol. The van der Waals surface area contributed by atoms with E-state index >= 15 is 0 Å². The van der Waals surface area contributed by atoms with Gasteiger partial charge >= 0.3 is 5.97 Å². The number of benzene rings is 1. The van der Waals surface area contributed by atoms with E-state index in [4.69, 9.17) is 4.74 Å². The fraction of sp³-hybridized carbons (Fsp3) is 0.533. The Kier molecular flexibility index (Phi) is 4.39. The number of sulfonamides is 1. The molecule has 0 amide bonds. The number of cyclic esters (lactones) is 1. The average Bonchev–Trinajstić information content (AvgIpc) is 2.86. The number of ether oxygens (including phenoxy) is 1. The van der Waals surface area contributed by atoms with Crippen LogP contribution in [0.5, 0.6) is 0 Å². The Morgan fingerprint density at radius 3 is 2.39 bits per heavy atom. The Bertz CT molecular complexity index is 701. The van der Waals surface area contributed by atoms with Crippen molar-refractivity contribution >= 4 is 16.0 Å². The van der Waals surface area contributed by atoms with Crippen molar-refractivity contribution in [2.75, 3.05) is 26.2 Å². The van der Waals surface area contributed by atoms with E-state index in [9.17, 15) is 17.6 Å². The van der Waals surface area contributed by atoms with E-state index in [1.54, 1.807) is 0 Å². The number of halogens is 1. The molecule has 2 saturated heterocycles. The number of carbonyl (C=O) groups excluding carboxylic acids is 1. The second kappa shape index (κ2) is 6.18. The average molecular weight is 342 g/mol. The highest BCUT2D eigenvalue weighted by atomic mass is 32.2. The molecule has 0 aromatic heterocycles. The largest absolute Gasteiger partial charge is 0.461 e. The van der Waals surface area contributed by atoms with Crippen LogP contribution in [-0.4, -0.2) is 61.9 Å². The lowest BCUT2D eigenvalue weighted by atomic mass is 10.1. The summed E-state index contributed by atoms with van der Waals surface area (Å²) in [5.41, 5.74) is 0. The van der Waals surface area contributed by atoms with Crippen LogP contribution < -0.4 is 0 Å². The van der Waals surface area contributed by atoms with E-state index in [0.717, 1.165) is 6.07 Å². The number of esters is 1. The molecule has 0 bridgehead atoms. The summed E-state index contributed by atoms with van der Waals surface area (Å²) in [5, 5.41) is 0. The monoisotopic (exact) mass is 342 g/mol. The third-order valence-corrected chi connectivity index (χ3v) is 6.24. The van der Waals surface area contributed by atoms with E-state index < -0.39 is 15.8 Å². The van der Waals surface area contributed by atoms with Gasteiger partial charge in [0, 0.05) is 32.6 Å². The minimum Gasteiger partial charge on any atom is -0.461 e. The topological polar surface area (TPSA) is 66.9 Å². The Hall–Kier alpha value is -1.51. The van der Waals surface area contributed by atoms with Gasteiger partial charge in [0.1, 0.15) is 22.9 Å². The number of hydrogen-bond donors (Lipinski definition) is 0. The molecule has 0 saturated carbocycles. The molecule has 0 radical (unpaired) electrons. The number of piperazine rings is 1. The highest BCUT2D eigenvalue weighted by molar-refractivity contribution is 7.89. The summed E-state index contributed by atoms with van der Waals surface area (Å²) < 4.78 is 45.2. The molecular formula is C15H19FN2O4S. The van der Waals surface area contributed by atoms with Crippen LogP contribution >= 0.6 is 0 Å². The second-order valence-corrected chi connectivity index (χ2v) is 7.78. The van der Waals surface area contributed by atoms with Crippen molar-refractivity contribution < 1.29 is 22.3 Å². The van der Waals surface area contributed by atoms with E-state index in [1.165, 1.54) is 22.5 Å². The minimum absolute atomic E-state index is 0.104. The van der Waals surface area contributed by atoms with Crippen LogP contribution in [-0.2, 0) is 19.6 Å². The van der Waals surface area contributed by atoms with Crippen LogP contribution in [0.15, 0.2) is 29.2 Å². The third-order valence-electron chi connectivity index (χ3n) is 4.31. The first-order chi connectivity index (χ1) is 10.9. The zero-order chi connectivity index (χ0) is 16.6. The molecule has 2 atom stereocenters. The van der Waals surface area contributed by atoms with Gasteiger partial charge < -0.3 is 4.74 Å². The van der Waals surface area contributed by atoms with Gasteiger partial charge in [0.15, 0.2) is 0 Å². The normalized spacial score (nSPS) is 27.1. The molecule has 0 N–H and O–H groups in total. The van der Waals surface area contributed by atoms with Crippen molar-refractivity contribution in [1.29, 1.82) is 0 Å². The Labute approximate surface area is 134 Å². The van der Waals surface area contributed by atoms with Gasteiger partial charge in [-0.25, -0.2) is 12.8 Å². The summed E-state index contributed by atoms with van der Waals surface area (Å²) in [7, 11) is -3.85. The maximum absolute atomic E-state index is 13.8. The van der Waals surface area contributed by atoms with E-state index in [2.05, 4.69) is 0 Å². The molecule has 0 spiro atoms. The summed E-state index contributed by atoms with van der Waals surface area (Å²) >= 11 is 0. The molecule has 1 aromatic rings. The second-order valence-electron chi connectivity index (χ2n) is 5.87. The first-order valence-corrected chi connectivity index (χ1v) is 9.03.